The molecule has 62 valence electrons. The molecule has 1 N–H and O–H groups in total. The number of alkyl halides is 1. The molecule has 0 heterocycles. The van der Waals surface area contributed by atoms with Crippen LogP contribution in [0.3, 0.4) is 0 Å². The van der Waals surface area contributed by atoms with Gasteiger partial charge in [0.2, 0.25) is 0 Å². The average Bonchev–Trinajstić information content (AvgIpc) is 2.03. The van der Waals surface area contributed by atoms with E-state index in [0.717, 1.165) is 25.7 Å². The summed E-state index contributed by atoms with van der Waals surface area (Å²) in [6, 6.07) is 0. The molecule has 0 atom stereocenters. The van der Waals surface area contributed by atoms with E-state index in [1.165, 1.54) is 6.42 Å². The predicted molar refractivity (Wildman–Crippen MR) is 49.6 cm³/mol. The lowest BCUT2D eigenvalue weighted by molar-refractivity contribution is 0.0610. The summed E-state index contributed by atoms with van der Waals surface area (Å²) >= 11 is 3.22. The molecule has 1 fully saturated rings. The Morgan fingerprint density at radius 1 is 1.27 bits per heavy atom. The lowest BCUT2D eigenvalue weighted by atomic mass is 9.85. The maximum Gasteiger partial charge on any atom is 0.125 e. The first-order chi connectivity index (χ1) is 5.27. The molecule has 0 spiro atoms. The molecule has 1 aliphatic carbocycles. The number of halogens is 1. The van der Waals surface area contributed by atoms with Crippen LogP contribution in [0, 0.1) is 11.8 Å². The lowest BCUT2D eigenvalue weighted by Gasteiger charge is -2.26. The molecule has 0 aromatic rings. The Morgan fingerprint density at radius 2 is 1.91 bits per heavy atom. The first-order valence-electron chi connectivity index (χ1n) is 4.05. The highest BCUT2D eigenvalue weighted by molar-refractivity contribution is 9.09. The molecule has 0 aromatic carbocycles. The lowest BCUT2D eigenvalue weighted by Crippen LogP contribution is -2.29. The highest BCUT2D eigenvalue weighted by Gasteiger charge is 2.26. The van der Waals surface area contributed by atoms with Crippen molar-refractivity contribution in [3.8, 4) is 11.8 Å². The minimum atomic E-state index is -0.661. The van der Waals surface area contributed by atoms with Crippen LogP contribution in [0.15, 0.2) is 0 Å². The van der Waals surface area contributed by atoms with Gasteiger partial charge >= 0.3 is 0 Å². The fourth-order valence-electron chi connectivity index (χ4n) is 1.46. The Morgan fingerprint density at radius 3 is 2.45 bits per heavy atom. The first-order valence-corrected chi connectivity index (χ1v) is 5.17. The van der Waals surface area contributed by atoms with Crippen molar-refractivity contribution >= 4 is 15.9 Å². The summed E-state index contributed by atoms with van der Waals surface area (Å²) in [5.74, 6) is 5.78. The maximum absolute atomic E-state index is 9.81. The van der Waals surface area contributed by atoms with Crippen LogP contribution in [-0.2, 0) is 0 Å². The number of hydrogen-bond donors (Lipinski definition) is 1. The van der Waals surface area contributed by atoms with Crippen LogP contribution < -0.4 is 0 Å². The Kier molecular flexibility index (Phi) is 3.42. The van der Waals surface area contributed by atoms with E-state index in [1.54, 1.807) is 0 Å². The summed E-state index contributed by atoms with van der Waals surface area (Å²) in [6.07, 6.45) is 5.19. The molecule has 11 heavy (non-hydrogen) atoms. The molecule has 0 aliphatic heterocycles. The van der Waals surface area contributed by atoms with Crippen molar-refractivity contribution < 1.29 is 5.11 Å². The van der Waals surface area contributed by atoms with Crippen LogP contribution in [0.1, 0.15) is 32.1 Å². The van der Waals surface area contributed by atoms with Crippen LogP contribution in [0.5, 0.6) is 0 Å². The molecule has 1 aliphatic rings. The Bertz CT molecular complexity index is 172. The summed E-state index contributed by atoms with van der Waals surface area (Å²) in [5.41, 5.74) is -0.661. The largest absolute Gasteiger partial charge is 0.378 e. The van der Waals surface area contributed by atoms with E-state index < -0.39 is 5.60 Å². The van der Waals surface area contributed by atoms with Crippen molar-refractivity contribution in [2.45, 2.75) is 37.7 Å². The molecule has 0 unspecified atom stereocenters. The molecular weight excluding hydrogens is 204 g/mol. The van der Waals surface area contributed by atoms with Crippen molar-refractivity contribution in [2.24, 2.45) is 0 Å². The van der Waals surface area contributed by atoms with E-state index in [2.05, 4.69) is 27.8 Å². The molecule has 1 saturated carbocycles. The predicted octanol–water partition coefficient (Wildman–Crippen LogP) is 2.08. The van der Waals surface area contributed by atoms with Gasteiger partial charge in [0.1, 0.15) is 5.60 Å². The smallest absolute Gasteiger partial charge is 0.125 e. The zero-order valence-electron chi connectivity index (χ0n) is 6.57. The van der Waals surface area contributed by atoms with Gasteiger partial charge in [0.05, 0.1) is 5.33 Å². The van der Waals surface area contributed by atoms with Gasteiger partial charge in [-0.05, 0) is 25.7 Å². The van der Waals surface area contributed by atoms with E-state index in [0.29, 0.717) is 5.33 Å². The zero-order chi connectivity index (χ0) is 8.16. The monoisotopic (exact) mass is 216 g/mol. The average molecular weight is 217 g/mol. The molecular formula is C9H13BrO. The second kappa shape index (κ2) is 4.13. The Hall–Kier alpha value is 0. The highest BCUT2D eigenvalue weighted by atomic mass is 79.9. The Labute approximate surface area is 76.3 Å². The van der Waals surface area contributed by atoms with Gasteiger partial charge in [-0.15, -0.1) is 0 Å². The van der Waals surface area contributed by atoms with E-state index >= 15 is 0 Å². The molecule has 1 nitrogen and oxygen atoms in total. The summed E-state index contributed by atoms with van der Waals surface area (Å²) in [6.45, 7) is 0. The molecule has 1 rings (SSSR count). The molecule has 2 heteroatoms. The van der Waals surface area contributed by atoms with E-state index in [-0.39, 0.29) is 0 Å². The van der Waals surface area contributed by atoms with Crippen molar-refractivity contribution in [1.82, 2.24) is 0 Å². The van der Waals surface area contributed by atoms with Crippen LogP contribution in [0.25, 0.3) is 0 Å². The fourth-order valence-corrected chi connectivity index (χ4v) is 1.60. The van der Waals surface area contributed by atoms with Crippen LogP contribution in [0.4, 0.5) is 0 Å². The highest BCUT2D eigenvalue weighted by Crippen LogP contribution is 2.26. The fraction of sp³-hybridized carbons (Fsp3) is 0.778. The maximum atomic E-state index is 9.81. The van der Waals surface area contributed by atoms with Crippen molar-refractivity contribution in [3.05, 3.63) is 0 Å². The second-order valence-electron chi connectivity index (χ2n) is 3.03. The van der Waals surface area contributed by atoms with Gasteiger partial charge in [-0.2, -0.15) is 0 Å². The summed E-state index contributed by atoms with van der Waals surface area (Å²) < 4.78 is 0. The molecule has 0 radical (unpaired) electrons. The quantitative estimate of drug-likeness (QED) is 0.486. The zero-order valence-corrected chi connectivity index (χ0v) is 8.15. The first kappa shape index (κ1) is 9.09. The third-order valence-corrected chi connectivity index (χ3v) is 2.35. The van der Waals surface area contributed by atoms with Crippen molar-refractivity contribution in [3.63, 3.8) is 0 Å². The number of aliphatic hydroxyl groups is 1. The van der Waals surface area contributed by atoms with Gasteiger partial charge in [-0.3, -0.25) is 0 Å². The van der Waals surface area contributed by atoms with Gasteiger partial charge in [-0.1, -0.05) is 34.2 Å². The van der Waals surface area contributed by atoms with Crippen molar-refractivity contribution in [2.75, 3.05) is 5.33 Å². The van der Waals surface area contributed by atoms with E-state index in [9.17, 15) is 5.11 Å². The van der Waals surface area contributed by atoms with Gasteiger partial charge in [0.15, 0.2) is 0 Å². The summed E-state index contributed by atoms with van der Waals surface area (Å²) in [7, 11) is 0. The molecule has 0 bridgehead atoms. The van der Waals surface area contributed by atoms with Gasteiger partial charge in [0.25, 0.3) is 0 Å². The van der Waals surface area contributed by atoms with Gasteiger partial charge < -0.3 is 5.11 Å². The van der Waals surface area contributed by atoms with E-state index in [4.69, 9.17) is 0 Å². The van der Waals surface area contributed by atoms with Crippen LogP contribution >= 0.6 is 15.9 Å². The molecule has 0 aromatic heterocycles. The molecule has 0 amide bonds. The second-order valence-corrected chi connectivity index (χ2v) is 3.59. The van der Waals surface area contributed by atoms with E-state index in [1.807, 2.05) is 0 Å². The van der Waals surface area contributed by atoms with Gasteiger partial charge in [-0.25, -0.2) is 0 Å². The molecule has 0 saturated heterocycles. The normalized spacial score (nSPS) is 22.0. The minimum absolute atomic E-state index is 0.661. The SMILES string of the molecule is OC1(C#CCBr)CCCCC1. The van der Waals surface area contributed by atoms with Crippen molar-refractivity contribution in [1.29, 1.82) is 0 Å². The topological polar surface area (TPSA) is 20.2 Å². The van der Waals surface area contributed by atoms with Crippen LogP contribution in [0.2, 0.25) is 0 Å². The standard InChI is InChI=1S/C9H13BrO/c10-8-4-7-9(11)5-2-1-3-6-9/h11H,1-3,5-6,8H2. The third-order valence-electron chi connectivity index (χ3n) is 2.07. The van der Waals surface area contributed by atoms with Gasteiger partial charge in [0, 0.05) is 0 Å². The summed E-state index contributed by atoms with van der Waals surface area (Å²) in [4.78, 5) is 0. The minimum Gasteiger partial charge on any atom is -0.378 e. The Balaban J connectivity index is 2.49. The third kappa shape index (κ3) is 2.84. The van der Waals surface area contributed by atoms with Crippen LogP contribution in [-0.4, -0.2) is 16.0 Å². The number of rotatable bonds is 0. The number of hydrogen-bond acceptors (Lipinski definition) is 1. The summed E-state index contributed by atoms with van der Waals surface area (Å²) in [5, 5.41) is 10.5.